The zero-order valence-corrected chi connectivity index (χ0v) is 29.8. The summed E-state index contributed by atoms with van der Waals surface area (Å²) < 4.78 is 33.0. The lowest BCUT2D eigenvalue weighted by atomic mass is 9.72. The highest BCUT2D eigenvalue weighted by Gasteiger charge is 2.50. The van der Waals surface area contributed by atoms with E-state index in [4.69, 9.17) is 28.4 Å². The Kier molecular flexibility index (Phi) is 11.9. The number of benzene rings is 2. The van der Waals surface area contributed by atoms with E-state index < -0.39 is 114 Å². The number of Topliss-reactive ketones (excluding diaryl/α,β-unsaturated/α-hetero) is 1. The Bertz CT molecular complexity index is 1780. The van der Waals surface area contributed by atoms with Gasteiger partial charge in [0.15, 0.2) is 17.9 Å². The normalized spacial score (nSPS) is 25.1. The van der Waals surface area contributed by atoms with Crippen LogP contribution in [0.15, 0.2) is 18.2 Å². The molecule has 0 saturated carbocycles. The predicted molar refractivity (Wildman–Crippen MR) is 178 cm³/mol. The van der Waals surface area contributed by atoms with E-state index in [1.54, 1.807) is 18.9 Å². The van der Waals surface area contributed by atoms with Gasteiger partial charge in [0, 0.05) is 62.4 Å². The first-order valence-corrected chi connectivity index (χ1v) is 16.9. The number of phenols is 2. The minimum Gasteiger partial charge on any atom is -0.507 e. The Balaban J connectivity index is 1.43. The first-order chi connectivity index (χ1) is 25.0. The lowest BCUT2D eigenvalue weighted by Crippen LogP contribution is -2.55. The number of aromatic hydroxyl groups is 2. The Morgan fingerprint density at radius 1 is 1.04 bits per heavy atom. The van der Waals surface area contributed by atoms with Crippen molar-refractivity contribution in [3.8, 4) is 17.2 Å². The summed E-state index contributed by atoms with van der Waals surface area (Å²) in [5.74, 6) is -5.35. The van der Waals surface area contributed by atoms with E-state index in [1.807, 2.05) is 0 Å². The fraction of sp³-hybridized carbons (Fsp3) is 0.528. The van der Waals surface area contributed by atoms with Crippen molar-refractivity contribution in [2.45, 2.75) is 82.6 Å². The number of ether oxygens (including phenoxy) is 6. The molecule has 1 saturated heterocycles. The summed E-state index contributed by atoms with van der Waals surface area (Å²) in [5.41, 5.74) is -3.95. The predicted octanol–water partition coefficient (Wildman–Crippen LogP) is 0.443. The first-order valence-electron chi connectivity index (χ1n) is 16.9. The van der Waals surface area contributed by atoms with Crippen LogP contribution in [-0.4, -0.2) is 137 Å². The lowest BCUT2D eigenvalue weighted by Gasteiger charge is -2.44. The molecule has 2 aromatic rings. The number of esters is 2. The molecule has 17 heteroatoms. The molecular formula is C36H43NO16. The van der Waals surface area contributed by atoms with Crippen molar-refractivity contribution in [1.29, 1.82) is 0 Å². The van der Waals surface area contributed by atoms with E-state index in [1.165, 1.54) is 25.3 Å². The van der Waals surface area contributed by atoms with Gasteiger partial charge in [-0.25, -0.2) is 0 Å². The zero-order valence-electron chi connectivity index (χ0n) is 29.8. The van der Waals surface area contributed by atoms with Crippen molar-refractivity contribution >= 4 is 29.3 Å². The Morgan fingerprint density at radius 2 is 1.70 bits per heavy atom. The number of methoxy groups -OCH3 is 1. The van der Waals surface area contributed by atoms with Crippen molar-refractivity contribution in [2.24, 2.45) is 0 Å². The largest absolute Gasteiger partial charge is 0.507 e. The van der Waals surface area contributed by atoms with Gasteiger partial charge in [-0.1, -0.05) is 12.1 Å². The lowest BCUT2D eigenvalue weighted by molar-refractivity contribution is -0.258. The van der Waals surface area contributed by atoms with Gasteiger partial charge in [-0.3, -0.25) is 28.9 Å². The average Bonchev–Trinajstić information content (AvgIpc) is 3.10. The summed E-state index contributed by atoms with van der Waals surface area (Å²) in [6.45, 7) is 2.88. The van der Waals surface area contributed by atoms with Crippen LogP contribution in [0.5, 0.6) is 17.2 Å². The second-order valence-electron chi connectivity index (χ2n) is 13.3. The third-order valence-electron chi connectivity index (χ3n) is 9.73. The van der Waals surface area contributed by atoms with Crippen LogP contribution >= 0.6 is 0 Å². The van der Waals surface area contributed by atoms with Crippen LogP contribution in [-0.2, 0) is 44.5 Å². The number of fused-ring (bicyclic) bond motifs is 3. The number of aliphatic hydroxyl groups excluding tert-OH is 2. The second kappa shape index (κ2) is 15.9. The van der Waals surface area contributed by atoms with E-state index in [0.717, 1.165) is 13.8 Å². The topological polar surface area (TPSA) is 245 Å². The molecule has 5 N–H and O–H groups in total. The fourth-order valence-electron chi connectivity index (χ4n) is 7.15. The number of carbonyl (C=O) groups is 5. The number of hydrogen-bond acceptors (Lipinski definition) is 17. The molecule has 0 spiro atoms. The summed E-state index contributed by atoms with van der Waals surface area (Å²) in [4.78, 5) is 65.0. The molecule has 5 rings (SSSR count). The van der Waals surface area contributed by atoms with Gasteiger partial charge in [-0.2, -0.15) is 0 Å². The van der Waals surface area contributed by atoms with Crippen LogP contribution in [0.2, 0.25) is 0 Å². The molecule has 288 valence electrons. The molecule has 1 fully saturated rings. The zero-order chi connectivity index (χ0) is 38.9. The number of phenolic OH excluding ortho intramolecular Hbond substituents is 2. The second-order valence-corrected chi connectivity index (χ2v) is 13.3. The molecule has 0 amide bonds. The van der Waals surface area contributed by atoms with E-state index in [2.05, 4.69) is 0 Å². The molecule has 0 aromatic heterocycles. The number of ketones is 3. The van der Waals surface area contributed by atoms with E-state index in [9.17, 15) is 49.5 Å². The molecule has 17 nitrogen and oxygen atoms in total. The maximum absolute atomic E-state index is 13.9. The summed E-state index contributed by atoms with van der Waals surface area (Å²) in [5, 5.41) is 55.7. The van der Waals surface area contributed by atoms with Crippen LogP contribution in [0.25, 0.3) is 0 Å². The Labute approximate surface area is 303 Å². The highest BCUT2D eigenvalue weighted by molar-refractivity contribution is 6.31. The van der Waals surface area contributed by atoms with Crippen LogP contribution in [0.1, 0.15) is 82.7 Å². The van der Waals surface area contributed by atoms with Crippen LogP contribution in [0, 0.1) is 0 Å². The maximum Gasteiger partial charge on any atom is 0.305 e. The molecule has 53 heavy (non-hydrogen) atoms. The Hall–Kier alpha value is -4.49. The van der Waals surface area contributed by atoms with Crippen LogP contribution < -0.4 is 4.74 Å². The summed E-state index contributed by atoms with van der Waals surface area (Å²) in [6, 6.07) is 3.69. The maximum atomic E-state index is 13.9. The van der Waals surface area contributed by atoms with Gasteiger partial charge in [0.25, 0.3) is 6.29 Å². The van der Waals surface area contributed by atoms with Gasteiger partial charge in [0.2, 0.25) is 5.78 Å². The average molecular weight is 746 g/mol. The fourth-order valence-corrected chi connectivity index (χ4v) is 7.15. The minimum absolute atomic E-state index is 0.00338. The summed E-state index contributed by atoms with van der Waals surface area (Å²) >= 11 is 0. The number of nitrogens with zero attached hydrogens (tertiary/aromatic N) is 1. The first kappa shape index (κ1) is 39.7. The standard InChI is InChI=1S/C36H43NO16/c1-16-31(42)21(37(4)9-10-49-15-26(51-17(2)39)52-18(3)40)11-25(50-16)53-23-13-36(47,24(41)14-38)12-20-28(23)35(46)30-29(33(20)44)32(43)19-7-6-8-22(48-5)27(19)34(30)45/h6-8,16,21,23,25-26,31,38,42,44,46-47H,9-15H2,1-5H3/t16?,21?,23-,25?,31?,36+/m1/s1. The molecule has 2 aromatic carbocycles. The smallest absolute Gasteiger partial charge is 0.305 e. The monoisotopic (exact) mass is 745 g/mol. The highest BCUT2D eigenvalue weighted by atomic mass is 16.7. The number of aliphatic hydroxyl groups is 3. The van der Waals surface area contributed by atoms with Gasteiger partial charge in [-0.05, 0) is 20.0 Å². The van der Waals surface area contributed by atoms with Crippen molar-refractivity contribution in [3.63, 3.8) is 0 Å². The number of likely N-dealkylation sites (N-methyl/N-ethyl adjacent to an activating group) is 1. The third kappa shape index (κ3) is 7.77. The van der Waals surface area contributed by atoms with Crippen molar-refractivity contribution in [2.75, 3.05) is 40.5 Å². The Morgan fingerprint density at radius 3 is 2.32 bits per heavy atom. The van der Waals surface area contributed by atoms with Gasteiger partial charge in [0.1, 0.15) is 36.1 Å². The van der Waals surface area contributed by atoms with E-state index in [0.29, 0.717) is 0 Å². The molecule has 2 aliphatic carbocycles. The van der Waals surface area contributed by atoms with Crippen LogP contribution in [0.3, 0.4) is 0 Å². The van der Waals surface area contributed by atoms with Crippen molar-refractivity contribution < 1.29 is 77.9 Å². The van der Waals surface area contributed by atoms with Crippen LogP contribution in [0.4, 0.5) is 0 Å². The molecule has 1 aliphatic heterocycles. The molecule has 4 unspecified atom stereocenters. The summed E-state index contributed by atoms with van der Waals surface area (Å²) in [6.07, 6.45) is -6.85. The van der Waals surface area contributed by atoms with Gasteiger partial charge >= 0.3 is 11.9 Å². The quantitative estimate of drug-likeness (QED) is 0.0690. The number of carbonyl (C=O) groups excluding carboxylic acids is 5. The third-order valence-corrected chi connectivity index (χ3v) is 9.73. The molecule has 0 radical (unpaired) electrons. The summed E-state index contributed by atoms with van der Waals surface area (Å²) in [7, 11) is 3.00. The van der Waals surface area contributed by atoms with Gasteiger partial charge in [-0.15, -0.1) is 0 Å². The molecular weight excluding hydrogens is 702 g/mol. The van der Waals surface area contributed by atoms with Crippen molar-refractivity contribution in [1.82, 2.24) is 4.90 Å². The minimum atomic E-state index is -2.32. The molecule has 0 bridgehead atoms. The molecule has 6 atom stereocenters. The SMILES string of the molecule is COc1cccc2c1C(=O)c1c(O)c3c(c(O)c1C2=O)C[C@@](O)(C(=O)CO)C[C@H]3OC1CC(N(C)CCOCC(OC(C)=O)OC(C)=O)C(O)C(C)O1. The highest BCUT2D eigenvalue weighted by Crippen LogP contribution is 2.52. The van der Waals surface area contributed by atoms with Gasteiger partial charge in [0.05, 0.1) is 48.7 Å². The van der Waals surface area contributed by atoms with E-state index in [-0.39, 0.29) is 54.2 Å². The molecule has 1 heterocycles. The number of hydrogen-bond donors (Lipinski definition) is 5. The number of rotatable bonds is 13. The van der Waals surface area contributed by atoms with E-state index >= 15 is 0 Å². The van der Waals surface area contributed by atoms with Gasteiger partial charge < -0.3 is 54.0 Å². The van der Waals surface area contributed by atoms with Crippen molar-refractivity contribution in [3.05, 3.63) is 51.6 Å². The molecule has 3 aliphatic rings.